The molecule has 0 atom stereocenters. The highest BCUT2D eigenvalue weighted by molar-refractivity contribution is 5.97. The summed E-state index contributed by atoms with van der Waals surface area (Å²) >= 11 is 0. The van der Waals surface area contributed by atoms with Crippen molar-refractivity contribution in [3.63, 3.8) is 0 Å². The highest BCUT2D eigenvalue weighted by atomic mass is 19.3. The number of rotatable bonds is 9. The number of carbonyl (C=O) groups excluding carboxylic acids is 1. The standard InChI is InChI=1S/C24H25F2N5O2/c1-31(2)11-4-7-22(32)27-10-12-33-21-6-3-5-18-17(21)14-20(28-18)23-16-9-8-15(24(25)26)13-19(16)29-30-23/h3-9,13-14,24,28H,10-12H2,1-2H3,(H,27,32)(H,29,30)/b7-4+. The van der Waals surface area contributed by atoms with Gasteiger partial charge < -0.3 is 19.9 Å². The molecule has 0 spiro atoms. The zero-order chi connectivity index (χ0) is 23.4. The molecule has 4 aromatic rings. The Morgan fingerprint density at radius 2 is 2.03 bits per heavy atom. The topological polar surface area (TPSA) is 86.0 Å². The van der Waals surface area contributed by atoms with E-state index < -0.39 is 6.43 Å². The lowest BCUT2D eigenvalue weighted by Crippen LogP contribution is -2.26. The number of alkyl halides is 2. The van der Waals surface area contributed by atoms with Crippen LogP contribution in [0.3, 0.4) is 0 Å². The van der Waals surface area contributed by atoms with Gasteiger partial charge in [-0.15, -0.1) is 0 Å². The molecule has 0 unspecified atom stereocenters. The van der Waals surface area contributed by atoms with E-state index in [0.29, 0.717) is 36.7 Å². The van der Waals surface area contributed by atoms with Gasteiger partial charge in [0.25, 0.3) is 6.43 Å². The number of likely N-dealkylation sites (N-methyl/N-ethyl adjacent to an activating group) is 1. The SMILES string of the molecule is CN(C)C/C=C/C(=O)NCCOc1cccc2[nH]c(-c3n[nH]c4cc(C(F)F)ccc34)cc12. The molecule has 2 heterocycles. The normalized spacial score (nSPS) is 11.9. The summed E-state index contributed by atoms with van der Waals surface area (Å²) in [6.07, 6.45) is 0.774. The lowest BCUT2D eigenvalue weighted by molar-refractivity contribution is -0.116. The highest BCUT2D eigenvalue weighted by Gasteiger charge is 2.15. The van der Waals surface area contributed by atoms with Crippen molar-refractivity contribution in [3.05, 3.63) is 60.2 Å². The average Bonchev–Trinajstić information content (AvgIpc) is 3.40. The minimum Gasteiger partial charge on any atom is -0.491 e. The molecule has 1 amide bonds. The number of hydrogen-bond donors (Lipinski definition) is 3. The molecule has 0 saturated carbocycles. The summed E-state index contributed by atoms with van der Waals surface area (Å²) in [4.78, 5) is 17.1. The van der Waals surface area contributed by atoms with Crippen LogP contribution in [0.4, 0.5) is 8.78 Å². The first-order chi connectivity index (χ1) is 15.9. The Bertz CT molecular complexity index is 1290. The maximum Gasteiger partial charge on any atom is 0.263 e. The number of amides is 1. The molecule has 2 aromatic carbocycles. The summed E-state index contributed by atoms with van der Waals surface area (Å²) in [6, 6.07) is 12.0. The molecule has 0 fully saturated rings. The van der Waals surface area contributed by atoms with E-state index >= 15 is 0 Å². The fourth-order valence-electron chi connectivity index (χ4n) is 3.52. The molecule has 3 N–H and O–H groups in total. The molecule has 9 heteroatoms. The van der Waals surface area contributed by atoms with Gasteiger partial charge in [-0.05, 0) is 38.4 Å². The molecular formula is C24H25F2N5O2. The van der Waals surface area contributed by atoms with E-state index in [0.717, 1.165) is 22.0 Å². The molecule has 2 aromatic heterocycles. The number of nitrogens with zero attached hydrogens (tertiary/aromatic N) is 2. The van der Waals surface area contributed by atoms with Gasteiger partial charge in [0.1, 0.15) is 18.1 Å². The molecular weight excluding hydrogens is 428 g/mol. The first-order valence-electron chi connectivity index (χ1n) is 10.5. The van der Waals surface area contributed by atoms with Crippen LogP contribution >= 0.6 is 0 Å². The van der Waals surface area contributed by atoms with Crippen LogP contribution < -0.4 is 10.1 Å². The van der Waals surface area contributed by atoms with Crippen molar-refractivity contribution >= 4 is 27.7 Å². The van der Waals surface area contributed by atoms with Crippen molar-refractivity contribution in [1.29, 1.82) is 0 Å². The third kappa shape index (κ3) is 5.20. The smallest absolute Gasteiger partial charge is 0.263 e. The van der Waals surface area contributed by atoms with Gasteiger partial charge in [-0.25, -0.2) is 8.78 Å². The van der Waals surface area contributed by atoms with Crippen LogP contribution in [0.5, 0.6) is 5.75 Å². The van der Waals surface area contributed by atoms with E-state index in [2.05, 4.69) is 20.5 Å². The van der Waals surface area contributed by atoms with Gasteiger partial charge in [0.15, 0.2) is 0 Å². The zero-order valence-electron chi connectivity index (χ0n) is 18.4. The molecule has 4 rings (SSSR count). The summed E-state index contributed by atoms with van der Waals surface area (Å²) in [5.41, 5.74) is 2.75. The summed E-state index contributed by atoms with van der Waals surface area (Å²) in [6.45, 7) is 1.38. The van der Waals surface area contributed by atoms with Crippen LogP contribution in [0, 0.1) is 0 Å². The Labute approximate surface area is 189 Å². The van der Waals surface area contributed by atoms with E-state index in [4.69, 9.17) is 4.74 Å². The average molecular weight is 453 g/mol. The van der Waals surface area contributed by atoms with Gasteiger partial charge >= 0.3 is 0 Å². The highest BCUT2D eigenvalue weighted by Crippen LogP contribution is 2.33. The monoisotopic (exact) mass is 453 g/mol. The Morgan fingerprint density at radius 1 is 1.18 bits per heavy atom. The predicted molar refractivity (Wildman–Crippen MR) is 125 cm³/mol. The van der Waals surface area contributed by atoms with Crippen LogP contribution in [-0.2, 0) is 4.79 Å². The number of ether oxygens (including phenoxy) is 1. The van der Waals surface area contributed by atoms with Gasteiger partial charge in [-0.2, -0.15) is 5.10 Å². The molecule has 172 valence electrons. The van der Waals surface area contributed by atoms with Crippen molar-refractivity contribution in [2.75, 3.05) is 33.8 Å². The van der Waals surface area contributed by atoms with Crippen molar-refractivity contribution in [1.82, 2.24) is 25.4 Å². The number of fused-ring (bicyclic) bond motifs is 2. The first-order valence-corrected chi connectivity index (χ1v) is 10.5. The lowest BCUT2D eigenvalue weighted by Gasteiger charge is -2.08. The van der Waals surface area contributed by atoms with E-state index in [1.165, 1.54) is 18.2 Å². The Hall–Kier alpha value is -3.72. The Morgan fingerprint density at radius 3 is 2.82 bits per heavy atom. The minimum atomic E-state index is -2.53. The van der Waals surface area contributed by atoms with Crippen molar-refractivity contribution in [2.45, 2.75) is 6.43 Å². The second-order valence-corrected chi connectivity index (χ2v) is 7.88. The van der Waals surface area contributed by atoms with Crippen LogP contribution in [0.25, 0.3) is 33.2 Å². The maximum absolute atomic E-state index is 13.0. The summed E-state index contributed by atoms with van der Waals surface area (Å²) in [7, 11) is 3.86. The second-order valence-electron chi connectivity index (χ2n) is 7.88. The molecule has 0 aliphatic heterocycles. The van der Waals surface area contributed by atoms with Gasteiger partial charge in [0.05, 0.1) is 17.8 Å². The first kappa shape index (κ1) is 22.5. The number of H-pyrrole nitrogens is 2. The molecule has 0 aliphatic carbocycles. The summed E-state index contributed by atoms with van der Waals surface area (Å²) in [5, 5.41) is 11.6. The number of carbonyl (C=O) groups is 1. The molecule has 0 bridgehead atoms. The van der Waals surface area contributed by atoms with E-state index in [1.54, 1.807) is 12.1 Å². The van der Waals surface area contributed by atoms with Crippen LogP contribution in [0.2, 0.25) is 0 Å². The summed E-state index contributed by atoms with van der Waals surface area (Å²) < 4.78 is 31.9. The third-order valence-electron chi connectivity index (χ3n) is 5.12. The Kier molecular flexibility index (Phi) is 6.69. The van der Waals surface area contributed by atoms with E-state index in [-0.39, 0.29) is 11.5 Å². The predicted octanol–water partition coefficient (Wildman–Crippen LogP) is 4.26. The Balaban J connectivity index is 1.46. The number of aromatic amines is 2. The number of hydrogen-bond acceptors (Lipinski definition) is 4. The number of benzene rings is 2. The van der Waals surface area contributed by atoms with Gasteiger partial charge in [-0.1, -0.05) is 24.3 Å². The fourth-order valence-corrected chi connectivity index (χ4v) is 3.52. The number of aromatic nitrogens is 3. The maximum atomic E-state index is 13.0. The second kappa shape index (κ2) is 9.83. The van der Waals surface area contributed by atoms with Crippen molar-refractivity contribution in [3.8, 4) is 17.1 Å². The van der Waals surface area contributed by atoms with Crippen molar-refractivity contribution < 1.29 is 18.3 Å². The van der Waals surface area contributed by atoms with Gasteiger partial charge in [0, 0.05) is 34.5 Å². The molecule has 0 aliphatic rings. The fraction of sp³-hybridized carbons (Fsp3) is 0.250. The molecule has 0 saturated heterocycles. The summed E-state index contributed by atoms with van der Waals surface area (Å²) in [5.74, 6) is 0.509. The van der Waals surface area contributed by atoms with Crippen LogP contribution in [-0.4, -0.2) is 59.8 Å². The molecule has 0 radical (unpaired) electrons. The lowest BCUT2D eigenvalue weighted by atomic mass is 10.1. The van der Waals surface area contributed by atoms with Crippen LogP contribution in [0.15, 0.2) is 54.6 Å². The largest absolute Gasteiger partial charge is 0.491 e. The quantitative estimate of drug-likeness (QED) is 0.261. The number of nitrogens with one attached hydrogen (secondary N) is 3. The van der Waals surface area contributed by atoms with E-state index in [9.17, 15) is 13.6 Å². The van der Waals surface area contributed by atoms with Crippen molar-refractivity contribution in [2.24, 2.45) is 0 Å². The third-order valence-corrected chi connectivity index (χ3v) is 5.12. The van der Waals surface area contributed by atoms with Gasteiger partial charge in [0.2, 0.25) is 5.91 Å². The minimum absolute atomic E-state index is 0.0506. The van der Waals surface area contributed by atoms with Gasteiger partial charge in [-0.3, -0.25) is 9.89 Å². The molecule has 7 nitrogen and oxygen atoms in total. The number of halogens is 2. The zero-order valence-corrected chi connectivity index (χ0v) is 18.4. The van der Waals surface area contributed by atoms with Crippen LogP contribution in [0.1, 0.15) is 12.0 Å². The molecule has 33 heavy (non-hydrogen) atoms. The van der Waals surface area contributed by atoms with E-state index in [1.807, 2.05) is 43.3 Å².